The Bertz CT molecular complexity index is 879. The zero-order valence-corrected chi connectivity index (χ0v) is 15.8. The van der Waals surface area contributed by atoms with E-state index in [0.29, 0.717) is 12.5 Å². The van der Waals surface area contributed by atoms with Crippen LogP contribution in [0.3, 0.4) is 0 Å². The quantitative estimate of drug-likeness (QED) is 0.744. The number of amides is 1. The summed E-state index contributed by atoms with van der Waals surface area (Å²) in [6.07, 6.45) is 2.13. The summed E-state index contributed by atoms with van der Waals surface area (Å²) in [7, 11) is 0. The van der Waals surface area contributed by atoms with Crippen molar-refractivity contribution in [2.24, 2.45) is 0 Å². The van der Waals surface area contributed by atoms with E-state index in [2.05, 4.69) is 28.4 Å². The summed E-state index contributed by atoms with van der Waals surface area (Å²) in [5, 5.41) is 4.27. The van der Waals surface area contributed by atoms with Gasteiger partial charge in [0.1, 0.15) is 0 Å². The van der Waals surface area contributed by atoms with Crippen LogP contribution < -0.4 is 5.32 Å². The van der Waals surface area contributed by atoms with Crippen molar-refractivity contribution in [1.29, 1.82) is 0 Å². The number of nitrogens with zero attached hydrogens (tertiary/aromatic N) is 2. The van der Waals surface area contributed by atoms with Gasteiger partial charge in [0.25, 0.3) is 0 Å². The minimum atomic E-state index is 0.0673. The molecule has 1 aliphatic heterocycles. The van der Waals surface area contributed by atoms with Crippen LogP contribution >= 0.6 is 11.3 Å². The van der Waals surface area contributed by atoms with Crippen LogP contribution in [0, 0.1) is 6.92 Å². The fourth-order valence-electron chi connectivity index (χ4n) is 3.51. The Labute approximate surface area is 157 Å². The second kappa shape index (κ2) is 7.56. The van der Waals surface area contributed by atoms with Gasteiger partial charge < -0.3 is 5.32 Å². The summed E-state index contributed by atoms with van der Waals surface area (Å²) < 4.78 is 1.27. The Morgan fingerprint density at radius 2 is 1.88 bits per heavy atom. The number of carbonyl (C=O) groups excluding carboxylic acids is 1. The molecule has 1 aromatic heterocycles. The van der Waals surface area contributed by atoms with Crippen LogP contribution in [-0.2, 0) is 4.79 Å². The molecule has 3 aromatic rings. The monoisotopic (exact) mass is 365 g/mol. The highest BCUT2D eigenvalue weighted by Gasteiger charge is 2.24. The van der Waals surface area contributed by atoms with E-state index in [1.54, 1.807) is 0 Å². The number of carbonyl (C=O) groups is 1. The number of thiazole rings is 1. The van der Waals surface area contributed by atoms with Crippen molar-refractivity contribution >= 4 is 33.1 Å². The van der Waals surface area contributed by atoms with Gasteiger partial charge >= 0.3 is 0 Å². The zero-order chi connectivity index (χ0) is 17.9. The van der Waals surface area contributed by atoms with Gasteiger partial charge in [-0.3, -0.25) is 9.69 Å². The predicted molar refractivity (Wildman–Crippen MR) is 108 cm³/mol. The van der Waals surface area contributed by atoms with Gasteiger partial charge in [0.15, 0.2) is 0 Å². The summed E-state index contributed by atoms with van der Waals surface area (Å²) in [6, 6.07) is 16.2. The smallest absolute Gasteiger partial charge is 0.238 e. The van der Waals surface area contributed by atoms with Gasteiger partial charge in [-0.05, 0) is 56.6 Å². The molecule has 2 heterocycles. The summed E-state index contributed by atoms with van der Waals surface area (Å²) in [4.78, 5) is 19.4. The average molecular weight is 366 g/mol. The van der Waals surface area contributed by atoms with Crippen molar-refractivity contribution < 1.29 is 4.79 Å². The zero-order valence-electron chi connectivity index (χ0n) is 14.9. The summed E-state index contributed by atoms with van der Waals surface area (Å²) >= 11 is 1.81. The van der Waals surface area contributed by atoms with Crippen molar-refractivity contribution in [1.82, 2.24) is 9.88 Å². The van der Waals surface area contributed by atoms with E-state index >= 15 is 0 Å². The Morgan fingerprint density at radius 1 is 1.15 bits per heavy atom. The fourth-order valence-corrected chi connectivity index (χ4v) is 4.65. The molecule has 2 aromatic carbocycles. The van der Waals surface area contributed by atoms with Crippen LogP contribution in [0.5, 0.6) is 0 Å². The molecule has 4 nitrogen and oxygen atoms in total. The first-order valence-corrected chi connectivity index (χ1v) is 9.94. The van der Waals surface area contributed by atoms with E-state index in [9.17, 15) is 4.79 Å². The molecule has 0 saturated carbocycles. The molecule has 26 heavy (non-hydrogen) atoms. The minimum Gasteiger partial charge on any atom is -0.325 e. The predicted octanol–water partition coefficient (Wildman–Crippen LogP) is 4.42. The number of para-hydroxylation sites is 2. The molecular formula is C21H23N3OS. The number of nitrogens with one attached hydrogen (secondary N) is 1. The standard InChI is InChI=1S/C21H23N3OS/c1-15-6-2-3-7-17(15)22-20(25)14-24-12-10-16(11-13-24)21-23-18-8-4-5-9-19(18)26-21/h2-9,16H,10-14H2,1H3,(H,22,25). The van der Waals surface area contributed by atoms with Crippen LogP contribution in [0.2, 0.25) is 0 Å². The van der Waals surface area contributed by atoms with E-state index in [0.717, 1.165) is 42.7 Å². The van der Waals surface area contributed by atoms with Gasteiger partial charge in [0, 0.05) is 11.6 Å². The molecule has 0 atom stereocenters. The molecule has 0 bridgehead atoms. The molecule has 1 N–H and O–H groups in total. The molecule has 1 saturated heterocycles. The molecule has 5 heteroatoms. The van der Waals surface area contributed by atoms with Crippen molar-refractivity contribution in [2.75, 3.05) is 25.0 Å². The molecule has 1 fully saturated rings. The molecule has 0 aliphatic carbocycles. The number of likely N-dealkylation sites (tertiary alicyclic amines) is 1. The molecule has 1 amide bonds. The third-order valence-corrected chi connectivity index (χ3v) is 6.23. The topological polar surface area (TPSA) is 45.2 Å². The number of aryl methyl sites for hydroxylation is 1. The number of hydrogen-bond acceptors (Lipinski definition) is 4. The van der Waals surface area contributed by atoms with Crippen molar-refractivity contribution in [3.8, 4) is 0 Å². The molecule has 4 rings (SSSR count). The maximum Gasteiger partial charge on any atom is 0.238 e. The van der Waals surface area contributed by atoms with Gasteiger partial charge in [-0.2, -0.15) is 0 Å². The highest BCUT2D eigenvalue weighted by Crippen LogP contribution is 2.33. The second-order valence-corrected chi connectivity index (χ2v) is 8.00. The molecule has 134 valence electrons. The van der Waals surface area contributed by atoms with Gasteiger partial charge in [-0.1, -0.05) is 30.3 Å². The summed E-state index contributed by atoms with van der Waals surface area (Å²) in [5.74, 6) is 0.584. The van der Waals surface area contributed by atoms with Crippen LogP contribution in [-0.4, -0.2) is 35.4 Å². The van der Waals surface area contributed by atoms with Gasteiger partial charge in [0.2, 0.25) is 5.91 Å². The lowest BCUT2D eigenvalue weighted by Crippen LogP contribution is -2.38. The number of piperidine rings is 1. The Balaban J connectivity index is 1.32. The van der Waals surface area contributed by atoms with E-state index < -0.39 is 0 Å². The fraction of sp³-hybridized carbons (Fsp3) is 0.333. The van der Waals surface area contributed by atoms with Crippen molar-refractivity contribution in [2.45, 2.75) is 25.7 Å². The largest absolute Gasteiger partial charge is 0.325 e. The van der Waals surface area contributed by atoms with Gasteiger partial charge in [0.05, 0.1) is 21.8 Å². The van der Waals surface area contributed by atoms with E-state index in [1.165, 1.54) is 9.71 Å². The number of fused-ring (bicyclic) bond motifs is 1. The molecule has 0 radical (unpaired) electrons. The third kappa shape index (κ3) is 3.79. The van der Waals surface area contributed by atoms with Crippen molar-refractivity contribution in [3.05, 3.63) is 59.1 Å². The average Bonchev–Trinajstić information content (AvgIpc) is 3.08. The molecular weight excluding hydrogens is 342 g/mol. The van der Waals surface area contributed by atoms with Gasteiger partial charge in [-0.25, -0.2) is 4.98 Å². The van der Waals surface area contributed by atoms with Gasteiger partial charge in [-0.15, -0.1) is 11.3 Å². The first kappa shape index (κ1) is 17.2. The lowest BCUT2D eigenvalue weighted by Gasteiger charge is -2.30. The number of aromatic nitrogens is 1. The Hall–Kier alpha value is -2.24. The van der Waals surface area contributed by atoms with Crippen LogP contribution in [0.15, 0.2) is 48.5 Å². The number of anilines is 1. The van der Waals surface area contributed by atoms with E-state index in [-0.39, 0.29) is 5.91 Å². The summed E-state index contributed by atoms with van der Waals surface area (Å²) in [5.41, 5.74) is 3.10. The maximum atomic E-state index is 12.3. The molecule has 0 unspecified atom stereocenters. The highest BCUT2D eigenvalue weighted by atomic mass is 32.1. The number of benzene rings is 2. The molecule has 1 aliphatic rings. The molecule has 0 spiro atoms. The summed E-state index contributed by atoms with van der Waals surface area (Å²) in [6.45, 7) is 4.36. The lowest BCUT2D eigenvalue weighted by atomic mass is 9.97. The van der Waals surface area contributed by atoms with Crippen LogP contribution in [0.4, 0.5) is 5.69 Å². The first-order chi connectivity index (χ1) is 12.7. The number of rotatable bonds is 4. The normalized spacial score (nSPS) is 16.0. The van der Waals surface area contributed by atoms with Crippen molar-refractivity contribution in [3.63, 3.8) is 0 Å². The Kier molecular flexibility index (Phi) is 5.00. The van der Waals surface area contributed by atoms with Crippen LogP contribution in [0.1, 0.15) is 29.3 Å². The third-order valence-electron chi connectivity index (χ3n) is 5.03. The minimum absolute atomic E-state index is 0.0673. The first-order valence-electron chi connectivity index (χ1n) is 9.12. The highest BCUT2D eigenvalue weighted by molar-refractivity contribution is 7.18. The lowest BCUT2D eigenvalue weighted by molar-refractivity contribution is -0.117. The number of hydrogen-bond donors (Lipinski definition) is 1. The van der Waals surface area contributed by atoms with E-state index in [4.69, 9.17) is 4.98 Å². The van der Waals surface area contributed by atoms with Crippen LogP contribution in [0.25, 0.3) is 10.2 Å². The Morgan fingerprint density at radius 3 is 2.65 bits per heavy atom. The second-order valence-electron chi connectivity index (χ2n) is 6.93. The maximum absolute atomic E-state index is 12.3. The van der Waals surface area contributed by atoms with E-state index in [1.807, 2.05) is 48.6 Å². The SMILES string of the molecule is Cc1ccccc1NC(=O)CN1CCC(c2nc3ccccc3s2)CC1.